The Morgan fingerprint density at radius 2 is 1.80 bits per heavy atom. The first-order valence-electron chi connectivity index (χ1n) is 8.07. The van der Waals surface area contributed by atoms with Gasteiger partial charge in [-0.2, -0.15) is 0 Å². The number of rotatable bonds is 9. The second-order valence-corrected chi connectivity index (χ2v) is 6.16. The van der Waals surface area contributed by atoms with Gasteiger partial charge in [0.15, 0.2) is 0 Å². The van der Waals surface area contributed by atoms with E-state index in [1.54, 1.807) is 0 Å². The Morgan fingerprint density at radius 1 is 1.15 bits per heavy atom. The molecule has 1 amide bonds. The van der Waals surface area contributed by atoms with E-state index in [1.165, 1.54) is 0 Å². The standard InChI is InChI=1S/C16H29NO3/c1-3-5-9-13(8-4-2)17-14(18)12-16(15(19)20)10-6-7-11-16/h13H,3-12H2,1-2H3,(H,17,18)(H,19,20). The van der Waals surface area contributed by atoms with Crippen LogP contribution in [-0.2, 0) is 9.59 Å². The first kappa shape index (κ1) is 17.0. The summed E-state index contributed by atoms with van der Waals surface area (Å²) in [5.74, 6) is -0.880. The van der Waals surface area contributed by atoms with Gasteiger partial charge in [-0.25, -0.2) is 0 Å². The van der Waals surface area contributed by atoms with Gasteiger partial charge in [0.25, 0.3) is 0 Å². The lowest BCUT2D eigenvalue weighted by atomic mass is 9.82. The fourth-order valence-corrected chi connectivity index (χ4v) is 3.19. The number of amides is 1. The molecule has 0 spiro atoms. The van der Waals surface area contributed by atoms with Crippen LogP contribution in [0.4, 0.5) is 0 Å². The smallest absolute Gasteiger partial charge is 0.310 e. The van der Waals surface area contributed by atoms with E-state index < -0.39 is 11.4 Å². The van der Waals surface area contributed by atoms with Crippen LogP contribution in [0.1, 0.15) is 78.1 Å². The molecule has 1 aliphatic carbocycles. The largest absolute Gasteiger partial charge is 0.481 e. The van der Waals surface area contributed by atoms with E-state index in [2.05, 4.69) is 19.2 Å². The fourth-order valence-electron chi connectivity index (χ4n) is 3.19. The number of nitrogens with one attached hydrogen (secondary N) is 1. The van der Waals surface area contributed by atoms with Crippen LogP contribution in [0, 0.1) is 5.41 Å². The average molecular weight is 283 g/mol. The molecule has 0 radical (unpaired) electrons. The molecular formula is C16H29NO3. The first-order valence-corrected chi connectivity index (χ1v) is 8.07. The summed E-state index contributed by atoms with van der Waals surface area (Å²) in [6, 6.07) is 0.208. The van der Waals surface area contributed by atoms with Crippen molar-refractivity contribution >= 4 is 11.9 Å². The Balaban J connectivity index is 2.53. The lowest BCUT2D eigenvalue weighted by Gasteiger charge is -2.25. The van der Waals surface area contributed by atoms with Crippen LogP contribution in [0.5, 0.6) is 0 Å². The molecule has 4 nitrogen and oxygen atoms in total. The van der Waals surface area contributed by atoms with E-state index in [4.69, 9.17) is 0 Å². The number of carbonyl (C=O) groups excluding carboxylic acids is 1. The minimum Gasteiger partial charge on any atom is -0.481 e. The van der Waals surface area contributed by atoms with Crippen LogP contribution < -0.4 is 5.32 Å². The second kappa shape index (κ2) is 8.28. The molecule has 0 aromatic rings. The molecule has 1 unspecified atom stereocenters. The average Bonchev–Trinajstić information content (AvgIpc) is 2.86. The molecule has 0 heterocycles. The number of hydrogen-bond acceptors (Lipinski definition) is 2. The molecule has 116 valence electrons. The molecule has 20 heavy (non-hydrogen) atoms. The van der Waals surface area contributed by atoms with Crippen molar-refractivity contribution in [2.75, 3.05) is 0 Å². The molecule has 0 aromatic carbocycles. The number of carbonyl (C=O) groups is 2. The van der Waals surface area contributed by atoms with Gasteiger partial charge in [0, 0.05) is 12.5 Å². The Kier molecular flexibility index (Phi) is 7.03. The first-order chi connectivity index (χ1) is 9.54. The molecule has 1 saturated carbocycles. The maximum atomic E-state index is 12.2. The summed E-state index contributed by atoms with van der Waals surface area (Å²) in [5, 5.41) is 12.5. The molecule has 0 bridgehead atoms. The third kappa shape index (κ3) is 4.80. The summed E-state index contributed by atoms with van der Waals surface area (Å²) in [5.41, 5.74) is -0.800. The predicted molar refractivity (Wildman–Crippen MR) is 79.5 cm³/mol. The number of hydrogen-bond donors (Lipinski definition) is 2. The Morgan fingerprint density at radius 3 is 2.30 bits per heavy atom. The molecule has 0 saturated heterocycles. The normalized spacial score (nSPS) is 18.7. The summed E-state index contributed by atoms with van der Waals surface area (Å²) in [7, 11) is 0. The molecule has 0 aliphatic heterocycles. The van der Waals surface area contributed by atoms with Gasteiger partial charge >= 0.3 is 5.97 Å². The van der Waals surface area contributed by atoms with Crippen LogP contribution in [0.2, 0.25) is 0 Å². The maximum Gasteiger partial charge on any atom is 0.310 e. The number of unbranched alkanes of at least 4 members (excludes halogenated alkanes) is 1. The zero-order valence-corrected chi connectivity index (χ0v) is 12.9. The highest BCUT2D eigenvalue weighted by Crippen LogP contribution is 2.41. The highest BCUT2D eigenvalue weighted by molar-refractivity contribution is 5.85. The van der Waals surface area contributed by atoms with Crippen LogP contribution in [0.3, 0.4) is 0 Å². The van der Waals surface area contributed by atoms with Crippen LogP contribution >= 0.6 is 0 Å². The molecule has 4 heteroatoms. The highest BCUT2D eigenvalue weighted by Gasteiger charge is 2.43. The Labute approximate surface area is 122 Å². The fraction of sp³-hybridized carbons (Fsp3) is 0.875. The van der Waals surface area contributed by atoms with Crippen molar-refractivity contribution in [3.05, 3.63) is 0 Å². The molecule has 1 atom stereocenters. The Hall–Kier alpha value is -1.06. The lowest BCUT2D eigenvalue weighted by molar-refractivity contribution is -0.151. The van der Waals surface area contributed by atoms with Crippen molar-refractivity contribution in [1.29, 1.82) is 0 Å². The molecular weight excluding hydrogens is 254 g/mol. The van der Waals surface area contributed by atoms with E-state index >= 15 is 0 Å². The number of aliphatic carboxylic acids is 1. The van der Waals surface area contributed by atoms with Crippen LogP contribution in [0.15, 0.2) is 0 Å². The van der Waals surface area contributed by atoms with Gasteiger partial charge in [-0.1, -0.05) is 46.0 Å². The van der Waals surface area contributed by atoms with Gasteiger partial charge in [-0.15, -0.1) is 0 Å². The molecule has 2 N–H and O–H groups in total. The van der Waals surface area contributed by atoms with Gasteiger partial charge in [-0.3, -0.25) is 9.59 Å². The number of carboxylic acid groups (broad SMARTS) is 1. The number of carboxylic acids is 1. The van der Waals surface area contributed by atoms with E-state index in [1.807, 2.05) is 0 Å². The quantitative estimate of drug-likeness (QED) is 0.680. The SMILES string of the molecule is CCCCC(CCC)NC(=O)CC1(C(=O)O)CCCC1. The molecule has 1 rings (SSSR count). The van der Waals surface area contributed by atoms with Crippen molar-refractivity contribution in [2.24, 2.45) is 5.41 Å². The third-order valence-corrected chi connectivity index (χ3v) is 4.42. The zero-order chi connectivity index (χ0) is 15.0. The molecule has 1 aliphatic rings. The van der Waals surface area contributed by atoms with Crippen molar-refractivity contribution in [3.63, 3.8) is 0 Å². The van der Waals surface area contributed by atoms with Crippen molar-refractivity contribution in [1.82, 2.24) is 5.32 Å². The summed E-state index contributed by atoms with van der Waals surface area (Å²) in [6.07, 6.45) is 8.52. The van der Waals surface area contributed by atoms with E-state index in [0.717, 1.165) is 44.9 Å². The van der Waals surface area contributed by atoms with Crippen molar-refractivity contribution in [3.8, 4) is 0 Å². The van der Waals surface area contributed by atoms with Gasteiger partial charge in [0.1, 0.15) is 0 Å². The van der Waals surface area contributed by atoms with Gasteiger partial charge < -0.3 is 10.4 Å². The lowest BCUT2D eigenvalue weighted by Crippen LogP contribution is -2.40. The minimum absolute atomic E-state index is 0.0798. The van der Waals surface area contributed by atoms with Crippen molar-refractivity contribution in [2.45, 2.75) is 84.1 Å². The topological polar surface area (TPSA) is 66.4 Å². The van der Waals surface area contributed by atoms with E-state index in [-0.39, 0.29) is 18.4 Å². The van der Waals surface area contributed by atoms with E-state index in [0.29, 0.717) is 12.8 Å². The predicted octanol–water partition coefficient (Wildman–Crippen LogP) is 3.50. The second-order valence-electron chi connectivity index (χ2n) is 6.16. The summed E-state index contributed by atoms with van der Waals surface area (Å²) in [6.45, 7) is 4.25. The van der Waals surface area contributed by atoms with Gasteiger partial charge in [0.2, 0.25) is 5.91 Å². The monoisotopic (exact) mass is 283 g/mol. The highest BCUT2D eigenvalue weighted by atomic mass is 16.4. The van der Waals surface area contributed by atoms with Gasteiger partial charge in [0.05, 0.1) is 5.41 Å². The van der Waals surface area contributed by atoms with E-state index in [9.17, 15) is 14.7 Å². The molecule has 1 fully saturated rings. The summed E-state index contributed by atoms with van der Waals surface area (Å²) in [4.78, 5) is 23.6. The van der Waals surface area contributed by atoms with Crippen molar-refractivity contribution < 1.29 is 14.7 Å². The summed E-state index contributed by atoms with van der Waals surface area (Å²) >= 11 is 0. The van der Waals surface area contributed by atoms with Gasteiger partial charge in [-0.05, 0) is 25.7 Å². The maximum absolute atomic E-state index is 12.2. The zero-order valence-electron chi connectivity index (χ0n) is 12.9. The van der Waals surface area contributed by atoms with Crippen LogP contribution in [-0.4, -0.2) is 23.0 Å². The molecule has 0 aromatic heterocycles. The third-order valence-electron chi connectivity index (χ3n) is 4.42. The van der Waals surface area contributed by atoms with Crippen LogP contribution in [0.25, 0.3) is 0 Å². The summed E-state index contributed by atoms with van der Waals surface area (Å²) < 4.78 is 0. The minimum atomic E-state index is -0.800. The Bertz CT molecular complexity index is 322.